The van der Waals surface area contributed by atoms with Crippen LogP contribution in [0.5, 0.6) is 0 Å². The highest BCUT2D eigenvalue weighted by Crippen LogP contribution is 2.44. The second kappa shape index (κ2) is 17.1. The lowest BCUT2D eigenvalue weighted by Gasteiger charge is -2.21. The first kappa shape index (κ1) is 29.9. The fourth-order valence-corrected chi connectivity index (χ4v) is 5.33. The van der Waals surface area contributed by atoms with Crippen molar-refractivity contribution in [2.24, 2.45) is 0 Å². The number of hydrogen-bond donors (Lipinski definition) is 3. The van der Waals surface area contributed by atoms with Crippen LogP contribution >= 0.6 is 0 Å². The first-order valence-electron chi connectivity index (χ1n) is 14.7. The number of hydrogen-bond acceptors (Lipinski definition) is 4. The molecule has 0 saturated carbocycles. The number of carbonyl (C=O) groups excluding carboxylic acids is 1. The van der Waals surface area contributed by atoms with Gasteiger partial charge in [0.15, 0.2) is 0 Å². The van der Waals surface area contributed by atoms with Crippen molar-refractivity contribution in [3.8, 4) is 11.1 Å². The largest absolute Gasteiger partial charge is 0.449 e. The summed E-state index contributed by atoms with van der Waals surface area (Å²) in [6.07, 6.45) is 17.2. The topological polar surface area (TPSA) is 78.8 Å². The first-order chi connectivity index (χ1) is 18.7. The summed E-state index contributed by atoms with van der Waals surface area (Å²) in [5.74, 6) is -0.0312. The van der Waals surface area contributed by atoms with E-state index in [9.17, 15) is 15.0 Å². The van der Waals surface area contributed by atoms with E-state index in [0.717, 1.165) is 24.0 Å². The maximum atomic E-state index is 12.5. The fraction of sp³-hybridized carbons (Fsp3) is 0.545. The Kier molecular flexibility index (Phi) is 13.4. The second-order valence-corrected chi connectivity index (χ2v) is 10.5. The average Bonchev–Trinajstić information content (AvgIpc) is 3.26. The van der Waals surface area contributed by atoms with Crippen molar-refractivity contribution in [1.29, 1.82) is 0 Å². The number of fused-ring (bicyclic) bond motifs is 3. The van der Waals surface area contributed by atoms with E-state index in [-0.39, 0.29) is 19.1 Å². The lowest BCUT2D eigenvalue weighted by Crippen LogP contribution is -2.45. The zero-order valence-electron chi connectivity index (χ0n) is 23.1. The van der Waals surface area contributed by atoms with Gasteiger partial charge in [0.1, 0.15) is 6.61 Å². The molecule has 1 amide bonds. The van der Waals surface area contributed by atoms with Crippen LogP contribution in [0.1, 0.15) is 101 Å². The molecule has 0 spiro atoms. The van der Waals surface area contributed by atoms with Crippen LogP contribution in [0.15, 0.2) is 60.7 Å². The molecular formula is C33H47NO4. The van der Waals surface area contributed by atoms with Gasteiger partial charge in [-0.05, 0) is 35.1 Å². The summed E-state index contributed by atoms with van der Waals surface area (Å²) < 4.78 is 5.55. The molecule has 2 aromatic rings. The predicted molar refractivity (Wildman–Crippen MR) is 155 cm³/mol. The molecule has 0 radical (unpaired) electrons. The molecule has 0 unspecified atom stereocenters. The Morgan fingerprint density at radius 2 is 1.39 bits per heavy atom. The number of ether oxygens (including phenoxy) is 1. The molecule has 1 aliphatic rings. The Bertz CT molecular complexity index is 943. The lowest BCUT2D eigenvalue weighted by molar-refractivity contribution is 0.0990. The molecule has 0 aliphatic heterocycles. The van der Waals surface area contributed by atoms with Crippen molar-refractivity contribution in [2.45, 2.75) is 102 Å². The molecule has 3 rings (SSSR count). The van der Waals surface area contributed by atoms with E-state index < -0.39 is 18.2 Å². The Labute approximate surface area is 229 Å². The van der Waals surface area contributed by atoms with Gasteiger partial charge in [0.25, 0.3) is 0 Å². The fourth-order valence-electron chi connectivity index (χ4n) is 5.33. The summed E-state index contributed by atoms with van der Waals surface area (Å²) >= 11 is 0. The number of aliphatic hydroxyl groups excluding tert-OH is 2. The van der Waals surface area contributed by atoms with Gasteiger partial charge in [0, 0.05) is 5.92 Å². The van der Waals surface area contributed by atoms with Crippen molar-refractivity contribution >= 4 is 6.09 Å². The van der Waals surface area contributed by atoms with Crippen LogP contribution in [0.4, 0.5) is 4.79 Å². The minimum atomic E-state index is -0.965. The Balaban J connectivity index is 1.32. The summed E-state index contributed by atoms with van der Waals surface area (Å²) in [4.78, 5) is 12.5. The van der Waals surface area contributed by atoms with Crippen molar-refractivity contribution in [1.82, 2.24) is 5.32 Å². The van der Waals surface area contributed by atoms with Gasteiger partial charge in [-0.15, -0.1) is 0 Å². The van der Waals surface area contributed by atoms with Crippen LogP contribution in [0.3, 0.4) is 0 Å². The third kappa shape index (κ3) is 9.28. The Hall–Kier alpha value is -2.63. The molecule has 1 aliphatic carbocycles. The van der Waals surface area contributed by atoms with Gasteiger partial charge in [-0.3, -0.25) is 0 Å². The minimum absolute atomic E-state index is 0.0312. The third-order valence-corrected chi connectivity index (χ3v) is 7.56. The van der Waals surface area contributed by atoms with Gasteiger partial charge in [-0.1, -0.05) is 132 Å². The molecule has 5 nitrogen and oxygen atoms in total. The molecule has 0 bridgehead atoms. The standard InChI is InChI=1S/C33H47NO4/c1-2-3-4-5-6-7-8-9-10-11-12-13-14-23-32(36)31(24-35)34-33(37)38-25-30-28-21-17-15-19-26(28)27-20-16-18-22-29(27)30/h14-23,30-32,35-36H,2-13,24-25H2,1H3,(H,34,37)/b23-14+/t31-,32-/m1/s1. The maximum absolute atomic E-state index is 12.5. The molecule has 0 saturated heterocycles. The smallest absolute Gasteiger partial charge is 0.407 e. The third-order valence-electron chi connectivity index (χ3n) is 7.56. The second-order valence-electron chi connectivity index (χ2n) is 10.5. The van der Waals surface area contributed by atoms with E-state index in [1.807, 2.05) is 30.3 Å². The molecule has 3 N–H and O–H groups in total. The highest BCUT2D eigenvalue weighted by atomic mass is 16.5. The normalized spacial score (nSPS) is 14.3. The van der Waals surface area contributed by atoms with Gasteiger partial charge in [0.05, 0.1) is 18.8 Å². The van der Waals surface area contributed by atoms with E-state index in [0.29, 0.717) is 0 Å². The van der Waals surface area contributed by atoms with Crippen LogP contribution in [0.2, 0.25) is 0 Å². The number of unbranched alkanes of at least 4 members (excludes halogenated alkanes) is 11. The number of benzene rings is 2. The quantitative estimate of drug-likeness (QED) is 0.140. The van der Waals surface area contributed by atoms with E-state index in [1.54, 1.807) is 6.08 Å². The van der Waals surface area contributed by atoms with E-state index in [2.05, 4.69) is 36.5 Å². The van der Waals surface area contributed by atoms with Crippen LogP contribution in [-0.2, 0) is 4.74 Å². The van der Waals surface area contributed by atoms with Crippen LogP contribution in [0.25, 0.3) is 11.1 Å². The number of carbonyl (C=O) groups is 1. The number of aliphatic hydroxyl groups is 2. The van der Waals surface area contributed by atoms with E-state index in [1.165, 1.54) is 75.3 Å². The molecule has 0 aromatic heterocycles. The molecule has 5 heteroatoms. The summed E-state index contributed by atoms with van der Waals surface area (Å²) in [7, 11) is 0. The van der Waals surface area contributed by atoms with Crippen molar-refractivity contribution in [3.05, 3.63) is 71.8 Å². The van der Waals surface area contributed by atoms with Gasteiger partial charge in [-0.2, -0.15) is 0 Å². The zero-order valence-corrected chi connectivity index (χ0v) is 23.1. The van der Waals surface area contributed by atoms with Gasteiger partial charge in [-0.25, -0.2) is 4.79 Å². The average molecular weight is 522 g/mol. The van der Waals surface area contributed by atoms with Gasteiger partial charge < -0.3 is 20.3 Å². The summed E-state index contributed by atoms with van der Waals surface area (Å²) in [6.45, 7) is 2.09. The van der Waals surface area contributed by atoms with E-state index >= 15 is 0 Å². The molecule has 2 atom stereocenters. The molecule has 38 heavy (non-hydrogen) atoms. The summed E-state index contributed by atoms with van der Waals surface area (Å²) in [5.41, 5.74) is 4.63. The minimum Gasteiger partial charge on any atom is -0.449 e. The summed E-state index contributed by atoms with van der Waals surface area (Å²) in [5, 5.41) is 22.8. The van der Waals surface area contributed by atoms with Gasteiger partial charge in [0.2, 0.25) is 0 Å². The number of rotatable bonds is 18. The highest BCUT2D eigenvalue weighted by Gasteiger charge is 2.29. The predicted octanol–water partition coefficient (Wildman–Crippen LogP) is 7.50. The number of amides is 1. The van der Waals surface area contributed by atoms with E-state index in [4.69, 9.17) is 4.74 Å². The van der Waals surface area contributed by atoms with Crippen LogP contribution < -0.4 is 5.32 Å². The monoisotopic (exact) mass is 521 g/mol. The lowest BCUT2D eigenvalue weighted by atomic mass is 9.98. The van der Waals surface area contributed by atoms with Crippen molar-refractivity contribution < 1.29 is 19.7 Å². The Morgan fingerprint density at radius 1 is 0.868 bits per heavy atom. The SMILES string of the molecule is CCCCCCCCCCCCC/C=C/[C@@H](O)[C@@H](CO)NC(=O)OCC1c2ccccc2-c2ccccc21. The van der Waals surface area contributed by atoms with Crippen LogP contribution in [-0.4, -0.2) is 41.7 Å². The molecular weight excluding hydrogens is 474 g/mol. The Morgan fingerprint density at radius 3 is 1.95 bits per heavy atom. The number of alkyl carbamates (subject to hydrolysis) is 1. The van der Waals surface area contributed by atoms with Gasteiger partial charge >= 0.3 is 6.09 Å². The van der Waals surface area contributed by atoms with Crippen molar-refractivity contribution in [3.63, 3.8) is 0 Å². The number of nitrogens with one attached hydrogen (secondary N) is 1. The van der Waals surface area contributed by atoms with Crippen molar-refractivity contribution in [2.75, 3.05) is 13.2 Å². The molecule has 0 fully saturated rings. The molecule has 208 valence electrons. The highest BCUT2D eigenvalue weighted by molar-refractivity contribution is 5.79. The summed E-state index contributed by atoms with van der Waals surface area (Å²) in [6, 6.07) is 15.6. The first-order valence-corrected chi connectivity index (χ1v) is 14.7. The maximum Gasteiger partial charge on any atom is 0.407 e. The molecule has 2 aromatic carbocycles. The molecule has 0 heterocycles. The number of allylic oxidation sites excluding steroid dienone is 1. The van der Waals surface area contributed by atoms with Crippen LogP contribution in [0, 0.1) is 0 Å². The zero-order chi connectivity index (χ0) is 27.0.